The SMILES string of the molecule is CC(CCn1nnnc1-c1ccc(F)c(F)c1F)C(=O)O. The number of aliphatic carboxylic acids is 1. The fraction of sp³-hybridized carbons (Fsp3) is 0.333. The number of halogens is 3. The Hall–Kier alpha value is -2.45. The van der Waals surface area contributed by atoms with Gasteiger partial charge in [-0.2, -0.15) is 0 Å². The molecule has 1 atom stereocenters. The summed E-state index contributed by atoms with van der Waals surface area (Å²) in [5, 5.41) is 19.3. The Labute approximate surface area is 117 Å². The van der Waals surface area contributed by atoms with E-state index in [0.717, 1.165) is 16.8 Å². The summed E-state index contributed by atoms with van der Waals surface area (Å²) in [6, 6.07) is 1.79. The van der Waals surface area contributed by atoms with Crippen molar-refractivity contribution in [1.29, 1.82) is 0 Å². The summed E-state index contributed by atoms with van der Waals surface area (Å²) in [4.78, 5) is 10.7. The largest absolute Gasteiger partial charge is 0.481 e. The van der Waals surface area contributed by atoms with Crippen LogP contribution in [-0.2, 0) is 11.3 Å². The fourth-order valence-corrected chi connectivity index (χ4v) is 1.69. The average molecular weight is 300 g/mol. The normalized spacial score (nSPS) is 12.4. The highest BCUT2D eigenvalue weighted by Crippen LogP contribution is 2.24. The molecule has 1 heterocycles. The summed E-state index contributed by atoms with van der Waals surface area (Å²) in [6.07, 6.45) is 0.207. The molecule has 6 nitrogen and oxygen atoms in total. The number of tetrazole rings is 1. The highest BCUT2D eigenvalue weighted by Gasteiger charge is 2.20. The molecule has 1 aromatic carbocycles. The Bertz CT molecular complexity index is 675. The van der Waals surface area contributed by atoms with Gasteiger partial charge in [-0.05, 0) is 29.0 Å². The van der Waals surface area contributed by atoms with Gasteiger partial charge >= 0.3 is 5.97 Å². The van der Waals surface area contributed by atoms with Crippen LogP contribution in [0.3, 0.4) is 0 Å². The first-order valence-corrected chi connectivity index (χ1v) is 6.04. The van der Waals surface area contributed by atoms with Gasteiger partial charge in [0.15, 0.2) is 23.3 Å². The lowest BCUT2D eigenvalue weighted by Gasteiger charge is -2.08. The summed E-state index contributed by atoms with van der Waals surface area (Å²) in [6.45, 7) is 1.61. The minimum atomic E-state index is -1.61. The first-order chi connectivity index (χ1) is 9.91. The zero-order valence-electron chi connectivity index (χ0n) is 10.9. The predicted octanol–water partition coefficient (Wildman–Crippen LogP) is 1.87. The Morgan fingerprint density at radius 2 is 2.05 bits per heavy atom. The zero-order valence-corrected chi connectivity index (χ0v) is 10.9. The number of benzene rings is 1. The molecule has 0 spiro atoms. The number of hydrogen-bond donors (Lipinski definition) is 1. The molecule has 0 radical (unpaired) electrons. The van der Waals surface area contributed by atoms with Gasteiger partial charge in [-0.25, -0.2) is 17.9 Å². The van der Waals surface area contributed by atoms with Crippen molar-refractivity contribution in [3.8, 4) is 11.4 Å². The Morgan fingerprint density at radius 3 is 2.71 bits per heavy atom. The van der Waals surface area contributed by atoms with Crippen LogP contribution in [0.5, 0.6) is 0 Å². The summed E-state index contributed by atoms with van der Waals surface area (Å²) < 4.78 is 41.0. The molecular formula is C12H11F3N4O2. The van der Waals surface area contributed by atoms with Crippen LogP contribution in [0.1, 0.15) is 13.3 Å². The van der Waals surface area contributed by atoms with Crippen LogP contribution >= 0.6 is 0 Å². The molecule has 0 saturated carbocycles. The molecule has 0 aliphatic heterocycles. The maximum atomic E-state index is 13.7. The standard InChI is InChI=1S/C12H11F3N4O2/c1-6(12(20)21)4-5-19-11(16-17-18-19)7-2-3-8(13)10(15)9(7)14/h2-3,6H,4-5H2,1H3,(H,20,21). The summed E-state index contributed by atoms with van der Waals surface area (Å²) in [5.74, 6) is -6.03. The van der Waals surface area contributed by atoms with Crippen molar-refractivity contribution in [2.24, 2.45) is 5.92 Å². The second-order valence-electron chi connectivity index (χ2n) is 4.48. The molecule has 1 N–H and O–H groups in total. The van der Waals surface area contributed by atoms with Crippen LogP contribution in [0.25, 0.3) is 11.4 Å². The molecule has 0 fully saturated rings. The lowest BCUT2D eigenvalue weighted by atomic mass is 10.1. The number of carboxylic acids is 1. The van der Waals surface area contributed by atoms with Gasteiger partial charge in [0, 0.05) is 6.54 Å². The van der Waals surface area contributed by atoms with Crippen LogP contribution in [0, 0.1) is 23.4 Å². The Balaban J connectivity index is 2.29. The molecule has 9 heteroatoms. The topological polar surface area (TPSA) is 80.9 Å². The third-order valence-electron chi connectivity index (χ3n) is 3.00. The van der Waals surface area contributed by atoms with Crippen molar-refractivity contribution in [2.75, 3.05) is 0 Å². The molecule has 1 unspecified atom stereocenters. The van der Waals surface area contributed by atoms with E-state index in [2.05, 4.69) is 15.5 Å². The summed E-state index contributed by atoms with van der Waals surface area (Å²) in [5.41, 5.74) is -0.290. The van der Waals surface area contributed by atoms with Crippen LogP contribution in [0.2, 0.25) is 0 Å². The van der Waals surface area contributed by atoms with E-state index in [1.807, 2.05) is 0 Å². The molecule has 1 aromatic heterocycles. The predicted molar refractivity (Wildman–Crippen MR) is 64.5 cm³/mol. The first kappa shape index (κ1) is 14.9. The van der Waals surface area contributed by atoms with Crippen LogP contribution in [0.15, 0.2) is 12.1 Å². The van der Waals surface area contributed by atoms with Gasteiger partial charge in [-0.15, -0.1) is 5.10 Å². The van der Waals surface area contributed by atoms with Crippen molar-refractivity contribution in [1.82, 2.24) is 20.2 Å². The van der Waals surface area contributed by atoms with Gasteiger partial charge in [-0.1, -0.05) is 6.92 Å². The van der Waals surface area contributed by atoms with Gasteiger partial charge < -0.3 is 5.11 Å². The number of nitrogens with zero attached hydrogens (tertiary/aromatic N) is 4. The zero-order chi connectivity index (χ0) is 15.6. The summed E-state index contributed by atoms with van der Waals surface area (Å²) >= 11 is 0. The Kier molecular flexibility index (Phi) is 4.20. The maximum Gasteiger partial charge on any atom is 0.306 e. The van der Waals surface area contributed by atoms with E-state index in [4.69, 9.17) is 5.11 Å². The lowest BCUT2D eigenvalue weighted by molar-refractivity contribution is -0.141. The number of aromatic nitrogens is 4. The van der Waals surface area contributed by atoms with Gasteiger partial charge in [-0.3, -0.25) is 4.79 Å². The van der Waals surface area contributed by atoms with E-state index in [1.165, 1.54) is 6.92 Å². The van der Waals surface area contributed by atoms with Crippen molar-refractivity contribution in [3.05, 3.63) is 29.6 Å². The monoisotopic (exact) mass is 300 g/mol. The van der Waals surface area contributed by atoms with Gasteiger partial charge in [0.2, 0.25) is 0 Å². The smallest absolute Gasteiger partial charge is 0.306 e. The van der Waals surface area contributed by atoms with Crippen molar-refractivity contribution < 1.29 is 23.1 Å². The molecule has 0 saturated heterocycles. The molecule has 2 rings (SSSR count). The molecule has 0 bridgehead atoms. The lowest BCUT2D eigenvalue weighted by Crippen LogP contribution is -2.14. The second-order valence-corrected chi connectivity index (χ2v) is 4.48. The van der Waals surface area contributed by atoms with E-state index >= 15 is 0 Å². The first-order valence-electron chi connectivity index (χ1n) is 6.04. The van der Waals surface area contributed by atoms with Crippen molar-refractivity contribution in [3.63, 3.8) is 0 Å². The third-order valence-corrected chi connectivity index (χ3v) is 3.00. The van der Waals surface area contributed by atoms with Gasteiger partial charge in [0.05, 0.1) is 11.5 Å². The maximum absolute atomic E-state index is 13.7. The quantitative estimate of drug-likeness (QED) is 0.853. The average Bonchev–Trinajstić information content (AvgIpc) is 2.90. The van der Waals surface area contributed by atoms with Crippen LogP contribution in [0.4, 0.5) is 13.2 Å². The van der Waals surface area contributed by atoms with Crippen molar-refractivity contribution >= 4 is 5.97 Å². The summed E-state index contributed by atoms with van der Waals surface area (Å²) in [7, 11) is 0. The minimum absolute atomic E-state index is 0.0935. The number of carbonyl (C=O) groups is 1. The van der Waals surface area contributed by atoms with E-state index in [-0.39, 0.29) is 24.4 Å². The Morgan fingerprint density at radius 1 is 1.33 bits per heavy atom. The molecule has 112 valence electrons. The molecular weight excluding hydrogens is 289 g/mol. The van der Waals surface area contributed by atoms with Gasteiger partial charge in [0.25, 0.3) is 0 Å². The van der Waals surface area contributed by atoms with Crippen molar-refractivity contribution in [2.45, 2.75) is 19.9 Å². The van der Waals surface area contributed by atoms with E-state index < -0.39 is 29.3 Å². The highest BCUT2D eigenvalue weighted by atomic mass is 19.2. The van der Waals surface area contributed by atoms with Crippen LogP contribution < -0.4 is 0 Å². The molecule has 0 amide bonds. The third kappa shape index (κ3) is 3.01. The second kappa shape index (κ2) is 5.90. The number of carboxylic acid groups (broad SMARTS) is 1. The van der Waals surface area contributed by atoms with E-state index in [0.29, 0.717) is 0 Å². The number of rotatable bonds is 5. The number of aryl methyl sites for hydroxylation is 1. The van der Waals surface area contributed by atoms with Gasteiger partial charge in [0.1, 0.15) is 0 Å². The highest BCUT2D eigenvalue weighted by molar-refractivity contribution is 5.69. The molecule has 0 aliphatic rings. The molecule has 2 aromatic rings. The minimum Gasteiger partial charge on any atom is -0.481 e. The van der Waals surface area contributed by atoms with E-state index in [1.54, 1.807) is 0 Å². The fourth-order valence-electron chi connectivity index (χ4n) is 1.69. The van der Waals surface area contributed by atoms with Crippen LogP contribution in [-0.4, -0.2) is 31.3 Å². The number of hydrogen-bond acceptors (Lipinski definition) is 4. The molecule has 21 heavy (non-hydrogen) atoms. The molecule has 0 aliphatic carbocycles. The van der Waals surface area contributed by atoms with E-state index in [9.17, 15) is 18.0 Å².